The van der Waals surface area contributed by atoms with Crippen molar-refractivity contribution >= 4 is 38.2 Å². The fraction of sp³-hybridized carbons (Fsp3) is 0.125. The molecule has 2 N–H and O–H groups in total. The van der Waals surface area contributed by atoms with Gasteiger partial charge in [-0.3, -0.25) is 4.72 Å². The van der Waals surface area contributed by atoms with Crippen LogP contribution in [0.25, 0.3) is 10.9 Å². The Labute approximate surface area is 143 Å². The molecular formula is C16H14ClFN2O3S. The molecular weight excluding hydrogens is 355 g/mol. The molecule has 1 heterocycles. The van der Waals surface area contributed by atoms with Gasteiger partial charge in [0.25, 0.3) is 10.0 Å². The van der Waals surface area contributed by atoms with E-state index >= 15 is 0 Å². The van der Waals surface area contributed by atoms with E-state index in [1.54, 1.807) is 18.2 Å². The minimum absolute atomic E-state index is 0.0241. The average Bonchev–Trinajstić information content (AvgIpc) is 2.97. The van der Waals surface area contributed by atoms with Crippen molar-refractivity contribution in [2.45, 2.75) is 11.5 Å². The SMILES string of the molecule is COCc1cc(NS(=O)(=O)c2c[nH]c3cccc(F)c23)ccc1Cl. The lowest BCUT2D eigenvalue weighted by atomic mass is 10.2. The molecule has 0 aliphatic carbocycles. The molecule has 8 heteroatoms. The molecule has 0 aliphatic rings. The highest BCUT2D eigenvalue weighted by Gasteiger charge is 2.21. The first kappa shape index (κ1) is 16.8. The molecule has 0 saturated carbocycles. The van der Waals surface area contributed by atoms with Crippen molar-refractivity contribution in [1.82, 2.24) is 4.98 Å². The molecule has 5 nitrogen and oxygen atoms in total. The monoisotopic (exact) mass is 368 g/mol. The number of nitrogens with one attached hydrogen (secondary N) is 2. The van der Waals surface area contributed by atoms with E-state index in [1.807, 2.05) is 0 Å². The first-order chi connectivity index (χ1) is 11.4. The summed E-state index contributed by atoms with van der Waals surface area (Å²) < 4.78 is 46.7. The van der Waals surface area contributed by atoms with Crippen molar-refractivity contribution < 1.29 is 17.5 Å². The summed E-state index contributed by atoms with van der Waals surface area (Å²) in [7, 11) is -2.45. The van der Waals surface area contributed by atoms with Gasteiger partial charge in [-0.25, -0.2) is 12.8 Å². The van der Waals surface area contributed by atoms with E-state index in [4.69, 9.17) is 16.3 Å². The Kier molecular flexibility index (Phi) is 4.49. The van der Waals surface area contributed by atoms with Gasteiger partial charge >= 0.3 is 0 Å². The van der Waals surface area contributed by atoms with Crippen molar-refractivity contribution in [3.8, 4) is 0 Å². The van der Waals surface area contributed by atoms with E-state index < -0.39 is 15.8 Å². The van der Waals surface area contributed by atoms with E-state index in [0.717, 1.165) is 0 Å². The molecule has 0 saturated heterocycles. The molecule has 1 aromatic heterocycles. The number of benzene rings is 2. The molecule has 0 amide bonds. The van der Waals surface area contributed by atoms with Crippen LogP contribution in [0.5, 0.6) is 0 Å². The summed E-state index contributed by atoms with van der Waals surface area (Å²) in [6, 6.07) is 9.02. The second kappa shape index (κ2) is 6.43. The molecule has 0 spiro atoms. The molecule has 2 aromatic carbocycles. The maximum atomic E-state index is 14.0. The lowest BCUT2D eigenvalue weighted by molar-refractivity contribution is 0.185. The zero-order valence-electron chi connectivity index (χ0n) is 12.6. The Morgan fingerprint density at radius 2 is 2.08 bits per heavy atom. The molecule has 24 heavy (non-hydrogen) atoms. The number of H-pyrrole nitrogens is 1. The lowest BCUT2D eigenvalue weighted by Gasteiger charge is -2.10. The van der Waals surface area contributed by atoms with E-state index in [9.17, 15) is 12.8 Å². The fourth-order valence-electron chi connectivity index (χ4n) is 2.44. The normalized spacial score (nSPS) is 11.8. The number of fused-ring (bicyclic) bond motifs is 1. The third-order valence-electron chi connectivity index (χ3n) is 3.51. The van der Waals surface area contributed by atoms with Crippen molar-refractivity contribution in [3.63, 3.8) is 0 Å². The highest BCUT2D eigenvalue weighted by atomic mass is 35.5. The fourth-order valence-corrected chi connectivity index (χ4v) is 3.85. The van der Waals surface area contributed by atoms with E-state index in [1.165, 1.54) is 31.5 Å². The highest BCUT2D eigenvalue weighted by Crippen LogP contribution is 2.28. The van der Waals surface area contributed by atoms with Crippen molar-refractivity contribution in [2.75, 3.05) is 11.8 Å². The Bertz CT molecular complexity index is 1000. The summed E-state index contributed by atoms with van der Waals surface area (Å²) in [5.74, 6) is -0.606. The third-order valence-corrected chi connectivity index (χ3v) is 5.28. The molecule has 0 bridgehead atoms. The van der Waals surface area contributed by atoms with E-state index in [-0.39, 0.29) is 16.9 Å². The van der Waals surface area contributed by atoms with Crippen LogP contribution in [-0.4, -0.2) is 20.5 Å². The summed E-state index contributed by atoms with van der Waals surface area (Å²) in [4.78, 5) is 2.61. The van der Waals surface area contributed by atoms with Crippen LogP contribution in [0.2, 0.25) is 5.02 Å². The molecule has 0 atom stereocenters. The Morgan fingerprint density at radius 3 is 2.83 bits per heavy atom. The van der Waals surface area contributed by atoms with Crippen LogP contribution in [0, 0.1) is 5.82 Å². The van der Waals surface area contributed by atoms with Crippen molar-refractivity contribution in [3.05, 3.63) is 59.0 Å². The summed E-state index contributed by atoms with van der Waals surface area (Å²) >= 11 is 6.03. The lowest BCUT2D eigenvalue weighted by Crippen LogP contribution is -2.13. The minimum Gasteiger partial charge on any atom is -0.380 e. The number of ether oxygens (including phenoxy) is 1. The van der Waals surface area contributed by atoms with Crippen LogP contribution < -0.4 is 4.72 Å². The van der Waals surface area contributed by atoms with Crippen LogP contribution in [0.15, 0.2) is 47.5 Å². The molecule has 0 radical (unpaired) electrons. The number of halogens is 2. The molecule has 3 rings (SSSR count). The maximum Gasteiger partial charge on any atom is 0.264 e. The number of aromatic nitrogens is 1. The van der Waals surface area contributed by atoms with Gasteiger partial charge in [-0.15, -0.1) is 0 Å². The number of aromatic amines is 1. The number of sulfonamides is 1. The van der Waals surface area contributed by atoms with Crippen LogP contribution in [0.3, 0.4) is 0 Å². The van der Waals surface area contributed by atoms with Crippen LogP contribution in [0.4, 0.5) is 10.1 Å². The van der Waals surface area contributed by atoms with Crippen molar-refractivity contribution in [2.24, 2.45) is 0 Å². The van der Waals surface area contributed by atoms with E-state index in [0.29, 0.717) is 21.8 Å². The van der Waals surface area contributed by atoms with Gasteiger partial charge in [0.2, 0.25) is 0 Å². The highest BCUT2D eigenvalue weighted by molar-refractivity contribution is 7.93. The van der Waals surface area contributed by atoms with Crippen LogP contribution >= 0.6 is 11.6 Å². The quantitative estimate of drug-likeness (QED) is 0.717. The number of rotatable bonds is 5. The number of hydrogen-bond acceptors (Lipinski definition) is 3. The maximum absolute atomic E-state index is 14.0. The summed E-state index contributed by atoms with van der Waals surface area (Å²) in [5.41, 5.74) is 1.37. The Hall–Kier alpha value is -2.09. The molecule has 0 unspecified atom stereocenters. The zero-order chi connectivity index (χ0) is 17.3. The van der Waals surface area contributed by atoms with Gasteiger partial charge < -0.3 is 9.72 Å². The van der Waals surface area contributed by atoms with E-state index in [2.05, 4.69) is 9.71 Å². The molecule has 0 fully saturated rings. The van der Waals surface area contributed by atoms with Gasteiger partial charge in [0.15, 0.2) is 0 Å². The molecule has 3 aromatic rings. The van der Waals surface area contributed by atoms with Gasteiger partial charge in [-0.2, -0.15) is 0 Å². The Morgan fingerprint density at radius 1 is 1.29 bits per heavy atom. The summed E-state index contributed by atoms with van der Waals surface area (Å²) in [6.07, 6.45) is 1.27. The van der Waals surface area contributed by atoms with Gasteiger partial charge in [0.05, 0.1) is 12.0 Å². The zero-order valence-corrected chi connectivity index (χ0v) is 14.2. The third kappa shape index (κ3) is 3.10. The first-order valence-corrected chi connectivity index (χ1v) is 8.84. The largest absolute Gasteiger partial charge is 0.380 e. The minimum atomic E-state index is -3.97. The first-order valence-electron chi connectivity index (χ1n) is 6.98. The van der Waals surface area contributed by atoms with Crippen LogP contribution in [-0.2, 0) is 21.4 Å². The average molecular weight is 369 g/mol. The van der Waals surface area contributed by atoms with Crippen LogP contribution in [0.1, 0.15) is 5.56 Å². The predicted molar refractivity (Wildman–Crippen MR) is 91.2 cm³/mol. The topological polar surface area (TPSA) is 71.2 Å². The standard InChI is InChI=1S/C16H14ClFN2O3S/c1-23-9-10-7-11(5-6-12(10)17)20-24(21,22)15-8-19-14-4-2-3-13(18)16(14)15/h2-8,19-20H,9H2,1H3. The summed E-state index contributed by atoms with van der Waals surface area (Å²) in [6.45, 7) is 0.246. The van der Waals surface area contributed by atoms with Gasteiger partial charge in [0, 0.05) is 29.5 Å². The smallest absolute Gasteiger partial charge is 0.264 e. The second-order valence-corrected chi connectivity index (χ2v) is 7.22. The van der Waals surface area contributed by atoms with Gasteiger partial charge in [0.1, 0.15) is 10.7 Å². The second-order valence-electron chi connectivity index (χ2n) is 5.16. The van der Waals surface area contributed by atoms with Gasteiger partial charge in [-0.1, -0.05) is 17.7 Å². The summed E-state index contributed by atoms with van der Waals surface area (Å²) in [5, 5.41) is 0.494. The number of hydrogen-bond donors (Lipinski definition) is 2. The number of methoxy groups -OCH3 is 1. The number of anilines is 1. The molecule has 0 aliphatic heterocycles. The van der Waals surface area contributed by atoms with Crippen molar-refractivity contribution in [1.29, 1.82) is 0 Å². The predicted octanol–water partition coefficient (Wildman–Crippen LogP) is 3.91. The van der Waals surface area contributed by atoms with Gasteiger partial charge in [-0.05, 0) is 35.9 Å². The Balaban J connectivity index is 2.01. The molecule has 126 valence electrons.